The Morgan fingerprint density at radius 1 is 1.33 bits per heavy atom. The monoisotopic (exact) mass is 325 g/mol. The van der Waals surface area contributed by atoms with Gasteiger partial charge in [0.25, 0.3) is 0 Å². The van der Waals surface area contributed by atoms with E-state index in [2.05, 4.69) is 10.4 Å². The minimum Gasteiger partial charge on any atom is -0.463 e. The molecule has 2 aromatic rings. The number of amides is 2. The fourth-order valence-electron chi connectivity index (χ4n) is 2.78. The number of carbonyl (C=O) groups is 2. The van der Waals surface area contributed by atoms with Crippen molar-refractivity contribution in [2.45, 2.75) is 32.7 Å². The first-order valence-electron chi connectivity index (χ1n) is 7.89. The van der Waals surface area contributed by atoms with Crippen molar-refractivity contribution in [2.24, 2.45) is 5.10 Å². The Hall–Kier alpha value is -2.89. The van der Waals surface area contributed by atoms with Crippen molar-refractivity contribution < 1.29 is 14.0 Å². The molecule has 124 valence electrons. The summed E-state index contributed by atoms with van der Waals surface area (Å²) in [6.07, 6.45) is 2.54. The summed E-state index contributed by atoms with van der Waals surface area (Å²) in [7, 11) is 0. The van der Waals surface area contributed by atoms with E-state index in [1.807, 2.05) is 37.3 Å². The molecule has 1 aliphatic heterocycles. The van der Waals surface area contributed by atoms with Crippen molar-refractivity contribution in [2.75, 3.05) is 5.32 Å². The number of benzene rings is 1. The third-order valence-corrected chi connectivity index (χ3v) is 3.87. The molecule has 1 unspecified atom stereocenters. The van der Waals surface area contributed by atoms with Gasteiger partial charge in [-0.05, 0) is 29.8 Å². The smallest absolute Gasteiger partial charge is 0.242 e. The van der Waals surface area contributed by atoms with E-state index in [9.17, 15) is 9.59 Å². The summed E-state index contributed by atoms with van der Waals surface area (Å²) < 4.78 is 5.41. The Labute approximate surface area is 140 Å². The van der Waals surface area contributed by atoms with E-state index >= 15 is 0 Å². The number of nitrogens with one attached hydrogen (secondary N) is 1. The molecule has 0 bridgehead atoms. The predicted molar refractivity (Wildman–Crippen MR) is 90.5 cm³/mol. The van der Waals surface area contributed by atoms with Gasteiger partial charge in [0, 0.05) is 25.5 Å². The molecule has 0 radical (unpaired) electrons. The van der Waals surface area contributed by atoms with Crippen LogP contribution >= 0.6 is 0 Å². The molecule has 1 aliphatic rings. The van der Waals surface area contributed by atoms with Gasteiger partial charge in [-0.1, -0.05) is 19.1 Å². The van der Waals surface area contributed by atoms with Gasteiger partial charge >= 0.3 is 0 Å². The molecule has 0 aliphatic carbocycles. The van der Waals surface area contributed by atoms with Crippen molar-refractivity contribution in [1.82, 2.24) is 5.01 Å². The maximum absolute atomic E-state index is 12.3. The normalized spacial score (nSPS) is 16.8. The lowest BCUT2D eigenvalue weighted by atomic mass is 10.00. The maximum Gasteiger partial charge on any atom is 0.242 e. The van der Waals surface area contributed by atoms with Crippen molar-refractivity contribution in [3.05, 3.63) is 54.0 Å². The minimum atomic E-state index is -0.203. The average molecular weight is 325 g/mol. The fraction of sp³-hybridized carbons (Fsp3) is 0.278. The molecular weight excluding hydrogens is 306 g/mol. The van der Waals surface area contributed by atoms with Gasteiger partial charge in [0.15, 0.2) is 0 Å². The fourth-order valence-corrected chi connectivity index (χ4v) is 2.78. The first-order valence-corrected chi connectivity index (χ1v) is 7.89. The van der Waals surface area contributed by atoms with Gasteiger partial charge in [-0.25, -0.2) is 5.01 Å². The number of hydrazone groups is 1. The van der Waals surface area contributed by atoms with Gasteiger partial charge in [0.2, 0.25) is 11.8 Å². The lowest BCUT2D eigenvalue weighted by Crippen LogP contribution is -2.26. The van der Waals surface area contributed by atoms with Crippen LogP contribution in [0.5, 0.6) is 0 Å². The summed E-state index contributed by atoms with van der Waals surface area (Å²) in [6.45, 7) is 3.28. The van der Waals surface area contributed by atoms with Crippen molar-refractivity contribution in [1.29, 1.82) is 0 Å². The van der Waals surface area contributed by atoms with Crippen LogP contribution in [0.15, 0.2) is 52.2 Å². The largest absolute Gasteiger partial charge is 0.463 e. The molecule has 1 N–H and O–H groups in total. The average Bonchev–Trinajstić information content (AvgIpc) is 3.23. The van der Waals surface area contributed by atoms with Gasteiger partial charge < -0.3 is 9.73 Å². The number of carbonyl (C=O) groups excluding carboxylic acids is 2. The highest BCUT2D eigenvalue weighted by Crippen LogP contribution is 2.34. The lowest BCUT2D eigenvalue weighted by Gasteiger charge is -2.22. The standard InChI is InChI=1S/C18H19N3O3/c1-3-18(23)21-16(11-15(20-21)17-8-5-9-24-17)13-6-4-7-14(10-13)19-12(2)22/h4-10,16H,3,11H2,1-2H3,(H,19,22). The van der Waals surface area contributed by atoms with E-state index in [-0.39, 0.29) is 17.9 Å². The summed E-state index contributed by atoms with van der Waals surface area (Å²) in [4.78, 5) is 23.6. The van der Waals surface area contributed by atoms with E-state index in [0.717, 1.165) is 11.3 Å². The molecule has 3 rings (SSSR count). The molecule has 2 amide bonds. The molecule has 0 fully saturated rings. The summed E-state index contributed by atoms with van der Waals surface area (Å²) in [5.41, 5.74) is 2.38. The molecule has 6 nitrogen and oxygen atoms in total. The van der Waals surface area contributed by atoms with Crippen LogP contribution in [0.1, 0.15) is 44.1 Å². The topological polar surface area (TPSA) is 74.9 Å². The number of hydrogen-bond donors (Lipinski definition) is 1. The van der Waals surface area contributed by atoms with E-state index in [1.54, 1.807) is 12.3 Å². The summed E-state index contributed by atoms with van der Waals surface area (Å²) in [5.74, 6) is 0.489. The van der Waals surface area contributed by atoms with Gasteiger partial charge in [-0.3, -0.25) is 9.59 Å². The van der Waals surface area contributed by atoms with Crippen LogP contribution in [-0.4, -0.2) is 22.5 Å². The zero-order valence-corrected chi connectivity index (χ0v) is 13.7. The van der Waals surface area contributed by atoms with Crippen LogP contribution in [0.3, 0.4) is 0 Å². The zero-order chi connectivity index (χ0) is 17.1. The third-order valence-electron chi connectivity index (χ3n) is 3.87. The number of furan rings is 1. The highest BCUT2D eigenvalue weighted by atomic mass is 16.3. The second-order valence-corrected chi connectivity index (χ2v) is 5.64. The second kappa shape index (κ2) is 6.70. The molecule has 1 aromatic carbocycles. The van der Waals surface area contributed by atoms with E-state index in [1.165, 1.54) is 11.9 Å². The Bertz CT molecular complexity index is 781. The summed E-state index contributed by atoms with van der Waals surface area (Å²) in [5, 5.41) is 8.75. The lowest BCUT2D eigenvalue weighted by molar-refractivity contribution is -0.132. The first kappa shape index (κ1) is 16.0. The molecule has 2 heterocycles. The molecule has 0 spiro atoms. The van der Waals surface area contributed by atoms with Gasteiger partial charge in [-0.15, -0.1) is 0 Å². The Morgan fingerprint density at radius 3 is 2.83 bits per heavy atom. The number of nitrogens with zero attached hydrogens (tertiary/aromatic N) is 2. The van der Waals surface area contributed by atoms with Crippen LogP contribution in [0.4, 0.5) is 5.69 Å². The molecule has 24 heavy (non-hydrogen) atoms. The van der Waals surface area contributed by atoms with Crippen LogP contribution < -0.4 is 5.32 Å². The van der Waals surface area contributed by atoms with E-state index in [4.69, 9.17) is 4.42 Å². The van der Waals surface area contributed by atoms with Gasteiger partial charge in [0.05, 0.1) is 12.3 Å². The molecule has 0 saturated carbocycles. The third kappa shape index (κ3) is 3.22. The summed E-state index contributed by atoms with van der Waals surface area (Å²) >= 11 is 0. The maximum atomic E-state index is 12.3. The predicted octanol–water partition coefficient (Wildman–Crippen LogP) is 3.33. The Morgan fingerprint density at radius 2 is 2.17 bits per heavy atom. The first-order chi connectivity index (χ1) is 11.6. The highest BCUT2D eigenvalue weighted by Gasteiger charge is 2.33. The van der Waals surface area contributed by atoms with Crippen LogP contribution in [0, 0.1) is 0 Å². The van der Waals surface area contributed by atoms with E-state index in [0.29, 0.717) is 24.3 Å². The molecule has 1 atom stereocenters. The quantitative estimate of drug-likeness (QED) is 0.937. The van der Waals surface area contributed by atoms with Gasteiger partial charge in [0.1, 0.15) is 11.5 Å². The molecule has 0 saturated heterocycles. The second-order valence-electron chi connectivity index (χ2n) is 5.64. The van der Waals surface area contributed by atoms with Crippen molar-refractivity contribution >= 4 is 23.2 Å². The number of anilines is 1. The Kier molecular flexibility index (Phi) is 4.46. The molecule has 1 aromatic heterocycles. The molecular formula is C18H19N3O3. The van der Waals surface area contributed by atoms with Crippen LogP contribution in [0.25, 0.3) is 0 Å². The zero-order valence-electron chi connectivity index (χ0n) is 13.7. The van der Waals surface area contributed by atoms with E-state index < -0.39 is 0 Å². The number of rotatable bonds is 4. The minimum absolute atomic E-state index is 0.0495. The van der Waals surface area contributed by atoms with Crippen LogP contribution in [-0.2, 0) is 9.59 Å². The van der Waals surface area contributed by atoms with Gasteiger partial charge in [-0.2, -0.15) is 5.10 Å². The Balaban J connectivity index is 1.91. The van der Waals surface area contributed by atoms with Crippen LogP contribution in [0.2, 0.25) is 0 Å². The van der Waals surface area contributed by atoms with Crippen molar-refractivity contribution in [3.8, 4) is 0 Å². The molecule has 6 heteroatoms. The SMILES string of the molecule is CCC(=O)N1N=C(c2ccco2)CC1c1cccc(NC(C)=O)c1. The van der Waals surface area contributed by atoms with Crippen molar-refractivity contribution in [3.63, 3.8) is 0 Å². The summed E-state index contributed by atoms with van der Waals surface area (Å²) in [6, 6.07) is 10.9. The number of hydrogen-bond acceptors (Lipinski definition) is 4. The highest BCUT2D eigenvalue weighted by molar-refractivity contribution is 6.01.